The SMILES string of the molecule is CCCCOC(=O)c1ccc2c(ccn2CCC(C)(C)NC[C@H](O)c2cccc(NS(=O)(=O)c3ccccc3)c2)c1.O=C(O)C(F)(F)F. The van der Waals surface area contributed by atoms with Gasteiger partial charge in [-0.05, 0) is 80.8 Å². The summed E-state index contributed by atoms with van der Waals surface area (Å²) in [5.74, 6) is -3.05. The monoisotopic (exact) mass is 691 g/mol. The maximum absolute atomic E-state index is 12.7. The number of alkyl halides is 3. The Morgan fingerprint density at radius 3 is 2.31 bits per heavy atom. The molecule has 3 aromatic carbocycles. The second kappa shape index (κ2) is 16.6. The van der Waals surface area contributed by atoms with Gasteiger partial charge in [0.15, 0.2) is 0 Å². The molecule has 1 heterocycles. The topological polar surface area (TPSA) is 147 Å². The van der Waals surface area contributed by atoms with Gasteiger partial charge in [0.05, 0.1) is 23.2 Å². The molecular weight excluding hydrogens is 651 g/mol. The molecule has 0 aliphatic rings. The van der Waals surface area contributed by atoms with Crippen molar-refractivity contribution in [2.75, 3.05) is 17.9 Å². The number of β-amino-alcohol motifs (C(OH)–C–C–N with tert-alkyl or cyclic N) is 1. The van der Waals surface area contributed by atoms with Gasteiger partial charge in [0.2, 0.25) is 0 Å². The molecule has 0 amide bonds. The van der Waals surface area contributed by atoms with Gasteiger partial charge in [0.1, 0.15) is 0 Å². The number of hydrogen-bond acceptors (Lipinski definition) is 7. The number of nitrogens with one attached hydrogen (secondary N) is 2. The number of nitrogens with zero attached hydrogens (tertiary/aromatic N) is 1. The van der Waals surface area contributed by atoms with Crippen molar-refractivity contribution < 1.29 is 46.1 Å². The maximum Gasteiger partial charge on any atom is 0.490 e. The lowest BCUT2D eigenvalue weighted by molar-refractivity contribution is -0.192. The normalized spacial score (nSPS) is 12.6. The van der Waals surface area contributed by atoms with Crippen LogP contribution in [-0.4, -0.2) is 60.0 Å². The number of aliphatic carboxylic acids is 1. The second-order valence-corrected chi connectivity index (χ2v) is 13.3. The molecule has 0 bridgehead atoms. The van der Waals surface area contributed by atoms with Gasteiger partial charge in [-0.1, -0.05) is 43.7 Å². The average Bonchev–Trinajstić information content (AvgIpc) is 3.45. The van der Waals surface area contributed by atoms with E-state index >= 15 is 0 Å². The maximum atomic E-state index is 12.7. The summed E-state index contributed by atoms with van der Waals surface area (Å²) in [6.07, 6.45) is -1.26. The molecule has 4 aromatic rings. The lowest BCUT2D eigenvalue weighted by Crippen LogP contribution is -2.42. The highest BCUT2D eigenvalue weighted by Gasteiger charge is 2.38. The molecule has 0 saturated heterocycles. The first-order chi connectivity index (χ1) is 22.5. The smallest absolute Gasteiger partial charge is 0.475 e. The Morgan fingerprint density at radius 1 is 0.979 bits per heavy atom. The van der Waals surface area contributed by atoms with E-state index in [4.69, 9.17) is 14.6 Å². The van der Waals surface area contributed by atoms with E-state index in [-0.39, 0.29) is 16.4 Å². The van der Waals surface area contributed by atoms with Crippen molar-refractivity contribution in [3.05, 3.63) is 96.2 Å². The number of unbranched alkanes of at least 4 members (excludes halogenated alkanes) is 1. The van der Waals surface area contributed by atoms with Gasteiger partial charge in [0, 0.05) is 41.4 Å². The fourth-order valence-electron chi connectivity index (χ4n) is 4.52. The number of benzene rings is 3. The molecule has 10 nitrogen and oxygen atoms in total. The molecule has 260 valence electrons. The van der Waals surface area contributed by atoms with Gasteiger partial charge in [-0.15, -0.1) is 0 Å². The molecule has 4 N–H and O–H groups in total. The van der Waals surface area contributed by atoms with Crippen molar-refractivity contribution >= 4 is 38.6 Å². The molecule has 48 heavy (non-hydrogen) atoms. The highest BCUT2D eigenvalue weighted by atomic mass is 32.2. The number of hydrogen-bond donors (Lipinski definition) is 4. The molecule has 0 aliphatic heterocycles. The van der Waals surface area contributed by atoms with Crippen LogP contribution in [-0.2, 0) is 26.1 Å². The van der Waals surface area contributed by atoms with E-state index in [2.05, 4.69) is 35.4 Å². The summed E-state index contributed by atoms with van der Waals surface area (Å²) in [5, 5.41) is 22.4. The van der Waals surface area contributed by atoms with Crippen molar-refractivity contribution in [1.29, 1.82) is 0 Å². The van der Waals surface area contributed by atoms with Crippen molar-refractivity contribution in [2.45, 2.75) is 69.3 Å². The molecule has 0 unspecified atom stereocenters. The minimum Gasteiger partial charge on any atom is -0.475 e. The van der Waals surface area contributed by atoms with Gasteiger partial charge in [0.25, 0.3) is 10.0 Å². The minimum atomic E-state index is -5.08. The molecule has 0 radical (unpaired) electrons. The summed E-state index contributed by atoms with van der Waals surface area (Å²) >= 11 is 0. The van der Waals surface area contributed by atoms with Crippen LogP contribution in [0.3, 0.4) is 0 Å². The number of aliphatic hydroxyl groups excluding tert-OH is 1. The number of aliphatic hydroxyl groups is 1. The van der Waals surface area contributed by atoms with E-state index in [0.717, 1.165) is 36.7 Å². The van der Waals surface area contributed by atoms with E-state index in [1.54, 1.807) is 48.5 Å². The number of carboxylic acids is 1. The summed E-state index contributed by atoms with van der Waals surface area (Å²) in [7, 11) is -3.72. The van der Waals surface area contributed by atoms with Crippen LogP contribution in [0.5, 0.6) is 0 Å². The fraction of sp³-hybridized carbons (Fsp3) is 0.353. The third kappa shape index (κ3) is 11.4. The van der Waals surface area contributed by atoms with E-state index in [9.17, 15) is 31.5 Å². The molecule has 0 aliphatic carbocycles. The number of esters is 1. The Hall–Kier alpha value is -4.40. The number of halogens is 3. The van der Waals surface area contributed by atoms with Crippen molar-refractivity contribution in [3.63, 3.8) is 0 Å². The van der Waals surface area contributed by atoms with E-state index in [1.807, 2.05) is 24.4 Å². The molecule has 1 atom stereocenters. The lowest BCUT2D eigenvalue weighted by Gasteiger charge is -2.28. The largest absolute Gasteiger partial charge is 0.490 e. The second-order valence-electron chi connectivity index (χ2n) is 11.6. The van der Waals surface area contributed by atoms with Gasteiger partial charge in [-0.3, -0.25) is 4.72 Å². The molecule has 1 aromatic heterocycles. The number of fused-ring (bicyclic) bond motifs is 1. The molecule has 4 rings (SSSR count). The quantitative estimate of drug-likeness (QED) is 0.0863. The summed E-state index contributed by atoms with van der Waals surface area (Å²) in [6.45, 7) is 7.71. The van der Waals surface area contributed by atoms with Crippen LogP contribution in [0.15, 0.2) is 90.0 Å². The van der Waals surface area contributed by atoms with Gasteiger partial charge in [-0.25, -0.2) is 18.0 Å². The van der Waals surface area contributed by atoms with Crippen LogP contribution < -0.4 is 10.0 Å². The first kappa shape index (κ1) is 38.1. The number of ether oxygens (including phenoxy) is 1. The van der Waals surface area contributed by atoms with Crippen LogP contribution >= 0.6 is 0 Å². The number of rotatable bonds is 14. The van der Waals surface area contributed by atoms with E-state index < -0.39 is 28.3 Å². The zero-order valence-electron chi connectivity index (χ0n) is 26.8. The number of carbonyl (C=O) groups excluding carboxylic acids is 1. The molecular formula is C34H40F3N3O7S. The average molecular weight is 692 g/mol. The third-order valence-corrected chi connectivity index (χ3v) is 8.71. The van der Waals surface area contributed by atoms with Crippen LogP contribution in [0.1, 0.15) is 62.1 Å². The lowest BCUT2D eigenvalue weighted by atomic mass is 9.99. The summed E-state index contributed by atoms with van der Waals surface area (Å²) < 4.78 is 67.2. The van der Waals surface area contributed by atoms with E-state index in [1.165, 1.54) is 12.1 Å². The number of carboxylic acid groups (broad SMARTS) is 1. The molecule has 0 saturated carbocycles. The van der Waals surface area contributed by atoms with Crippen molar-refractivity contribution in [2.24, 2.45) is 0 Å². The number of carbonyl (C=O) groups is 2. The number of anilines is 1. The Kier molecular flexibility index (Phi) is 13.2. The van der Waals surface area contributed by atoms with Crippen molar-refractivity contribution in [3.8, 4) is 0 Å². The summed E-state index contributed by atoms with van der Waals surface area (Å²) in [5.41, 5.74) is 2.32. The molecule has 14 heteroatoms. The fourth-order valence-corrected chi connectivity index (χ4v) is 5.59. The summed E-state index contributed by atoms with van der Waals surface area (Å²) in [6, 6.07) is 22.6. The molecule has 0 fully saturated rings. The number of aromatic nitrogens is 1. The zero-order chi connectivity index (χ0) is 35.5. The Morgan fingerprint density at radius 2 is 1.67 bits per heavy atom. The summed E-state index contributed by atoms with van der Waals surface area (Å²) in [4.78, 5) is 21.4. The van der Waals surface area contributed by atoms with E-state index in [0.29, 0.717) is 30.0 Å². The first-order valence-electron chi connectivity index (χ1n) is 15.2. The number of aryl methyl sites for hydroxylation is 1. The predicted molar refractivity (Wildman–Crippen MR) is 176 cm³/mol. The van der Waals surface area contributed by atoms with Gasteiger partial charge >= 0.3 is 18.1 Å². The number of sulfonamides is 1. The van der Waals surface area contributed by atoms with Crippen LogP contribution in [0.2, 0.25) is 0 Å². The molecule has 0 spiro atoms. The highest BCUT2D eigenvalue weighted by Crippen LogP contribution is 2.23. The van der Waals surface area contributed by atoms with Crippen molar-refractivity contribution in [1.82, 2.24) is 9.88 Å². The van der Waals surface area contributed by atoms with Gasteiger partial charge < -0.3 is 24.8 Å². The highest BCUT2D eigenvalue weighted by molar-refractivity contribution is 7.92. The first-order valence-corrected chi connectivity index (χ1v) is 16.7. The zero-order valence-corrected chi connectivity index (χ0v) is 27.6. The minimum absolute atomic E-state index is 0.176. The van der Waals surface area contributed by atoms with Crippen LogP contribution in [0.4, 0.5) is 18.9 Å². The standard InChI is InChI=1S/C32H39N3O5S.C2HF3O2/c1-4-5-20-40-31(37)26-14-15-29-24(21-26)16-18-35(29)19-17-32(2,3)33-23-30(36)25-10-9-11-27(22-25)34-41(38,39)28-12-7-6-8-13-28;3-2(4,5)1(6)7/h6-16,18,21-22,30,33-34,36H,4-5,17,19-20,23H2,1-3H3;(H,6,7)/t30-;/m0./s1. The predicted octanol–water partition coefficient (Wildman–Crippen LogP) is 6.52. The van der Waals surface area contributed by atoms with Gasteiger partial charge in [-0.2, -0.15) is 13.2 Å². The third-order valence-electron chi connectivity index (χ3n) is 7.31. The Bertz CT molecular complexity index is 1780. The Labute approximate surface area is 277 Å². The van der Waals surface area contributed by atoms with Crippen LogP contribution in [0.25, 0.3) is 10.9 Å². The van der Waals surface area contributed by atoms with Crippen LogP contribution in [0, 0.1) is 0 Å². The Balaban J connectivity index is 0.000000804.